The topological polar surface area (TPSA) is 50.6 Å². The zero-order chi connectivity index (χ0) is 21.1. The van der Waals surface area contributed by atoms with Gasteiger partial charge >= 0.3 is 0 Å². The van der Waals surface area contributed by atoms with Crippen molar-refractivity contribution in [2.24, 2.45) is 7.05 Å². The van der Waals surface area contributed by atoms with Gasteiger partial charge in [0.1, 0.15) is 17.3 Å². The lowest BCUT2D eigenvalue weighted by Gasteiger charge is -2.36. The molecule has 30 heavy (non-hydrogen) atoms. The van der Waals surface area contributed by atoms with Crippen LogP contribution < -0.4 is 9.64 Å². The maximum atomic E-state index is 14.1. The minimum atomic E-state index is -0.351. The Morgan fingerprint density at radius 2 is 1.77 bits per heavy atom. The molecule has 0 saturated carbocycles. The summed E-state index contributed by atoms with van der Waals surface area (Å²) in [6.45, 7) is 5.21. The van der Waals surface area contributed by atoms with Crippen molar-refractivity contribution in [3.63, 3.8) is 0 Å². The standard InChI is InChI=1S/C23H25FN4O2/c1-3-30-22-11-7-6-10-20(22)27-12-14-28(15-13-27)23(29)21-16-19(25-26(21)2)17-8-4-5-9-18(17)24/h4-11,16H,3,12-15H2,1-2H3. The monoisotopic (exact) mass is 408 g/mol. The summed E-state index contributed by atoms with van der Waals surface area (Å²) in [4.78, 5) is 17.2. The van der Waals surface area contributed by atoms with E-state index < -0.39 is 0 Å². The average Bonchev–Trinajstić information content (AvgIpc) is 3.15. The summed E-state index contributed by atoms with van der Waals surface area (Å²) < 4.78 is 21.4. The molecule has 1 amide bonds. The maximum absolute atomic E-state index is 14.1. The molecule has 1 saturated heterocycles. The fourth-order valence-electron chi connectivity index (χ4n) is 3.78. The number of carbonyl (C=O) groups is 1. The van der Waals surface area contributed by atoms with E-state index in [-0.39, 0.29) is 11.7 Å². The quantitative estimate of drug-likeness (QED) is 0.648. The number of amides is 1. The summed E-state index contributed by atoms with van der Waals surface area (Å²) in [5.41, 5.74) is 2.36. The van der Waals surface area contributed by atoms with Crippen LogP contribution in [-0.4, -0.2) is 53.4 Å². The molecule has 0 N–H and O–H groups in total. The molecule has 0 spiro atoms. The summed E-state index contributed by atoms with van der Waals surface area (Å²) in [5.74, 6) is 0.419. The van der Waals surface area contributed by atoms with E-state index in [0.29, 0.717) is 49.7 Å². The zero-order valence-electron chi connectivity index (χ0n) is 17.2. The van der Waals surface area contributed by atoms with Crippen molar-refractivity contribution in [2.75, 3.05) is 37.7 Å². The molecule has 1 aliphatic heterocycles. The molecule has 0 aliphatic carbocycles. The summed E-state index contributed by atoms with van der Waals surface area (Å²) in [5, 5.41) is 4.35. The van der Waals surface area contributed by atoms with Gasteiger partial charge in [-0.25, -0.2) is 4.39 Å². The predicted molar refractivity (Wildman–Crippen MR) is 114 cm³/mol. The first-order valence-electron chi connectivity index (χ1n) is 10.1. The lowest BCUT2D eigenvalue weighted by atomic mass is 10.1. The highest BCUT2D eigenvalue weighted by molar-refractivity contribution is 5.94. The van der Waals surface area contributed by atoms with Gasteiger partial charge in [0.05, 0.1) is 18.0 Å². The van der Waals surface area contributed by atoms with Crippen molar-refractivity contribution in [2.45, 2.75) is 6.92 Å². The Balaban J connectivity index is 1.47. The van der Waals surface area contributed by atoms with Crippen molar-refractivity contribution in [3.8, 4) is 17.0 Å². The fraction of sp³-hybridized carbons (Fsp3) is 0.304. The first kappa shape index (κ1) is 19.9. The molecular formula is C23H25FN4O2. The van der Waals surface area contributed by atoms with Gasteiger partial charge in [-0.05, 0) is 37.3 Å². The molecular weight excluding hydrogens is 383 g/mol. The number of hydrogen-bond donors (Lipinski definition) is 0. The zero-order valence-corrected chi connectivity index (χ0v) is 17.2. The van der Waals surface area contributed by atoms with Gasteiger partial charge in [0.15, 0.2) is 0 Å². The Morgan fingerprint density at radius 3 is 2.50 bits per heavy atom. The van der Waals surface area contributed by atoms with Crippen LogP contribution in [0.2, 0.25) is 0 Å². The predicted octanol–water partition coefficient (Wildman–Crippen LogP) is 3.59. The van der Waals surface area contributed by atoms with Crippen LogP contribution in [0.15, 0.2) is 54.6 Å². The highest BCUT2D eigenvalue weighted by Crippen LogP contribution is 2.29. The third-order valence-electron chi connectivity index (χ3n) is 5.32. The van der Waals surface area contributed by atoms with Crippen LogP contribution in [0.5, 0.6) is 5.75 Å². The summed E-state index contributed by atoms with van der Waals surface area (Å²) >= 11 is 0. The normalized spacial score (nSPS) is 14.1. The maximum Gasteiger partial charge on any atom is 0.272 e. The third-order valence-corrected chi connectivity index (χ3v) is 5.32. The lowest BCUT2D eigenvalue weighted by Crippen LogP contribution is -2.49. The number of hydrogen-bond acceptors (Lipinski definition) is 4. The molecule has 2 heterocycles. The Hall–Kier alpha value is -3.35. The summed E-state index contributed by atoms with van der Waals surface area (Å²) in [7, 11) is 1.71. The van der Waals surface area contributed by atoms with Crippen molar-refractivity contribution in [3.05, 3.63) is 66.1 Å². The number of benzene rings is 2. The highest BCUT2D eigenvalue weighted by Gasteiger charge is 2.26. The van der Waals surface area contributed by atoms with Crippen LogP contribution in [0.3, 0.4) is 0 Å². The summed E-state index contributed by atoms with van der Waals surface area (Å²) in [6, 6.07) is 16.1. The minimum Gasteiger partial charge on any atom is -0.492 e. The smallest absolute Gasteiger partial charge is 0.272 e. The number of ether oxygens (including phenoxy) is 1. The van der Waals surface area contributed by atoms with E-state index in [1.54, 1.807) is 31.3 Å². The number of rotatable bonds is 5. The van der Waals surface area contributed by atoms with Crippen LogP contribution >= 0.6 is 0 Å². The van der Waals surface area contributed by atoms with Crippen LogP contribution in [0.4, 0.5) is 10.1 Å². The molecule has 1 fully saturated rings. The van der Waals surface area contributed by atoms with E-state index in [0.717, 1.165) is 11.4 Å². The van der Waals surface area contributed by atoms with Crippen molar-refractivity contribution >= 4 is 11.6 Å². The first-order valence-corrected chi connectivity index (χ1v) is 10.1. The van der Waals surface area contributed by atoms with Crippen LogP contribution in [0.25, 0.3) is 11.3 Å². The van der Waals surface area contributed by atoms with Crippen LogP contribution in [-0.2, 0) is 7.05 Å². The third kappa shape index (κ3) is 3.87. The molecule has 4 rings (SSSR count). The molecule has 1 aliphatic rings. The second-order valence-electron chi connectivity index (χ2n) is 7.20. The van der Waals surface area contributed by atoms with Crippen LogP contribution in [0, 0.1) is 5.82 Å². The van der Waals surface area contributed by atoms with Gasteiger partial charge in [0.2, 0.25) is 0 Å². The van der Waals surface area contributed by atoms with Crippen molar-refractivity contribution in [1.29, 1.82) is 0 Å². The number of para-hydroxylation sites is 2. The van der Waals surface area contributed by atoms with Gasteiger partial charge in [0.25, 0.3) is 5.91 Å². The van der Waals surface area contributed by atoms with Crippen molar-refractivity contribution in [1.82, 2.24) is 14.7 Å². The van der Waals surface area contributed by atoms with Gasteiger partial charge in [-0.15, -0.1) is 0 Å². The number of nitrogens with zero attached hydrogens (tertiary/aromatic N) is 4. The number of piperazine rings is 1. The molecule has 1 aromatic heterocycles. The molecule has 0 unspecified atom stereocenters. The Kier molecular flexibility index (Phi) is 5.70. The van der Waals surface area contributed by atoms with Crippen molar-refractivity contribution < 1.29 is 13.9 Å². The number of carbonyl (C=O) groups excluding carboxylic acids is 1. The second kappa shape index (κ2) is 8.57. The number of halogens is 1. The van der Waals surface area contributed by atoms with E-state index in [9.17, 15) is 9.18 Å². The van der Waals surface area contributed by atoms with Gasteiger partial charge in [-0.3, -0.25) is 9.48 Å². The number of anilines is 1. The van der Waals surface area contributed by atoms with E-state index in [1.165, 1.54) is 10.7 Å². The molecule has 2 aromatic carbocycles. The first-order chi connectivity index (χ1) is 14.6. The Morgan fingerprint density at radius 1 is 1.07 bits per heavy atom. The fourth-order valence-corrected chi connectivity index (χ4v) is 3.78. The van der Waals surface area contributed by atoms with E-state index in [4.69, 9.17) is 4.74 Å². The molecule has 0 bridgehead atoms. The molecule has 0 atom stereocenters. The lowest BCUT2D eigenvalue weighted by molar-refractivity contribution is 0.0735. The van der Waals surface area contributed by atoms with Gasteiger partial charge in [0, 0.05) is 38.8 Å². The van der Waals surface area contributed by atoms with Gasteiger partial charge in [-0.2, -0.15) is 5.10 Å². The SMILES string of the molecule is CCOc1ccccc1N1CCN(C(=O)c2cc(-c3ccccc3F)nn2C)CC1. The number of aromatic nitrogens is 2. The molecule has 3 aromatic rings. The molecule has 7 heteroatoms. The van der Waals surface area contributed by atoms with Gasteiger partial charge in [-0.1, -0.05) is 24.3 Å². The van der Waals surface area contributed by atoms with Crippen LogP contribution in [0.1, 0.15) is 17.4 Å². The number of aryl methyl sites for hydroxylation is 1. The molecule has 156 valence electrons. The Bertz CT molecular complexity index is 1040. The van der Waals surface area contributed by atoms with Gasteiger partial charge < -0.3 is 14.5 Å². The Labute approximate surface area is 175 Å². The molecule has 0 radical (unpaired) electrons. The van der Waals surface area contributed by atoms with E-state index >= 15 is 0 Å². The second-order valence-corrected chi connectivity index (χ2v) is 7.20. The minimum absolute atomic E-state index is 0.0923. The average molecular weight is 408 g/mol. The highest BCUT2D eigenvalue weighted by atomic mass is 19.1. The molecule has 6 nitrogen and oxygen atoms in total. The van der Waals surface area contributed by atoms with E-state index in [2.05, 4.69) is 10.00 Å². The summed E-state index contributed by atoms with van der Waals surface area (Å²) in [6.07, 6.45) is 0. The largest absolute Gasteiger partial charge is 0.492 e. The van der Waals surface area contributed by atoms with E-state index in [1.807, 2.05) is 36.1 Å².